The molecule has 84 valence electrons. The molecule has 2 nitrogen and oxygen atoms in total. The summed E-state index contributed by atoms with van der Waals surface area (Å²) in [6, 6.07) is 0.824. The molecule has 1 N–H and O–H groups in total. The molecule has 0 aromatic rings. The fourth-order valence-electron chi connectivity index (χ4n) is 2.24. The van der Waals surface area contributed by atoms with Crippen molar-refractivity contribution in [2.24, 2.45) is 5.92 Å². The Bertz CT molecular complexity index is 141. The number of likely N-dealkylation sites (N-methyl/N-ethyl adjacent to an activating group) is 1. The monoisotopic (exact) mass is 198 g/mol. The summed E-state index contributed by atoms with van der Waals surface area (Å²) in [6.07, 6.45) is 4.05. The quantitative estimate of drug-likeness (QED) is 0.674. The minimum atomic E-state index is 0.824. The van der Waals surface area contributed by atoms with E-state index in [0.717, 1.165) is 12.0 Å². The van der Waals surface area contributed by atoms with Crippen LogP contribution in [0.5, 0.6) is 0 Å². The summed E-state index contributed by atoms with van der Waals surface area (Å²) in [5.74, 6) is 0.963. The zero-order valence-electron chi connectivity index (χ0n) is 10.1. The molecule has 0 saturated heterocycles. The summed E-state index contributed by atoms with van der Waals surface area (Å²) < 4.78 is 0. The van der Waals surface area contributed by atoms with Crippen molar-refractivity contribution in [3.05, 3.63) is 0 Å². The number of nitrogens with zero attached hydrogens (tertiary/aromatic N) is 1. The van der Waals surface area contributed by atoms with Crippen molar-refractivity contribution in [3.8, 4) is 0 Å². The van der Waals surface area contributed by atoms with E-state index in [1.165, 1.54) is 45.4 Å². The molecule has 14 heavy (non-hydrogen) atoms. The average molecular weight is 198 g/mol. The lowest BCUT2D eigenvalue weighted by atomic mass is 9.82. The first kappa shape index (κ1) is 12.0. The predicted molar refractivity (Wildman–Crippen MR) is 62.6 cm³/mol. The van der Waals surface area contributed by atoms with Crippen LogP contribution in [0.4, 0.5) is 0 Å². The molecule has 1 saturated carbocycles. The van der Waals surface area contributed by atoms with Crippen LogP contribution >= 0.6 is 0 Å². The van der Waals surface area contributed by atoms with E-state index in [1.54, 1.807) is 0 Å². The third-order valence-corrected chi connectivity index (χ3v) is 3.22. The molecule has 1 aliphatic rings. The van der Waals surface area contributed by atoms with Gasteiger partial charge in [0.2, 0.25) is 0 Å². The van der Waals surface area contributed by atoms with Crippen LogP contribution in [0.15, 0.2) is 0 Å². The molecule has 1 aliphatic carbocycles. The van der Waals surface area contributed by atoms with Crippen LogP contribution < -0.4 is 5.32 Å². The van der Waals surface area contributed by atoms with E-state index in [2.05, 4.69) is 31.0 Å². The molecule has 1 fully saturated rings. The standard InChI is InChI=1S/C12H26N2/c1-4-7-14(5-2)8-6-13-12-9-11(3)10-12/h11-13H,4-10H2,1-3H3. The van der Waals surface area contributed by atoms with Crippen LogP contribution in [0.3, 0.4) is 0 Å². The molecule has 0 aliphatic heterocycles. The Hall–Kier alpha value is -0.0800. The van der Waals surface area contributed by atoms with E-state index in [0.29, 0.717) is 0 Å². The molecule has 0 bridgehead atoms. The lowest BCUT2D eigenvalue weighted by molar-refractivity contribution is 0.222. The first-order valence-electron chi connectivity index (χ1n) is 6.22. The lowest BCUT2D eigenvalue weighted by Gasteiger charge is -2.34. The SMILES string of the molecule is CCCN(CC)CCNC1CC(C)C1. The van der Waals surface area contributed by atoms with Crippen molar-refractivity contribution >= 4 is 0 Å². The Morgan fingerprint density at radius 1 is 1.21 bits per heavy atom. The molecule has 2 heteroatoms. The minimum Gasteiger partial charge on any atom is -0.313 e. The summed E-state index contributed by atoms with van der Waals surface area (Å²) >= 11 is 0. The van der Waals surface area contributed by atoms with E-state index < -0.39 is 0 Å². The average Bonchev–Trinajstić information content (AvgIpc) is 2.13. The summed E-state index contributed by atoms with van der Waals surface area (Å²) in [7, 11) is 0. The molecule has 0 radical (unpaired) electrons. The zero-order chi connectivity index (χ0) is 10.4. The molecule has 0 aromatic carbocycles. The van der Waals surface area contributed by atoms with Gasteiger partial charge in [-0.2, -0.15) is 0 Å². The highest BCUT2D eigenvalue weighted by Crippen LogP contribution is 2.25. The summed E-state index contributed by atoms with van der Waals surface area (Å²) in [6.45, 7) is 11.7. The Balaban J connectivity index is 1.96. The topological polar surface area (TPSA) is 15.3 Å². The van der Waals surface area contributed by atoms with Gasteiger partial charge in [-0.3, -0.25) is 0 Å². The van der Waals surface area contributed by atoms with Crippen LogP contribution in [0.25, 0.3) is 0 Å². The van der Waals surface area contributed by atoms with Gasteiger partial charge in [0.25, 0.3) is 0 Å². The third-order valence-electron chi connectivity index (χ3n) is 3.22. The Kier molecular flexibility index (Phi) is 5.49. The zero-order valence-corrected chi connectivity index (χ0v) is 10.1. The van der Waals surface area contributed by atoms with Crippen LogP contribution in [-0.2, 0) is 0 Å². The van der Waals surface area contributed by atoms with Crippen LogP contribution in [0.2, 0.25) is 0 Å². The molecule has 0 spiro atoms. The molecule has 0 heterocycles. The summed E-state index contributed by atoms with van der Waals surface area (Å²) in [5.41, 5.74) is 0. The largest absolute Gasteiger partial charge is 0.313 e. The second kappa shape index (κ2) is 6.41. The van der Waals surface area contributed by atoms with Crippen molar-refractivity contribution in [1.82, 2.24) is 10.2 Å². The van der Waals surface area contributed by atoms with Gasteiger partial charge >= 0.3 is 0 Å². The van der Waals surface area contributed by atoms with Crippen molar-refractivity contribution in [3.63, 3.8) is 0 Å². The normalized spacial score (nSPS) is 26.6. The second-order valence-electron chi connectivity index (χ2n) is 4.66. The van der Waals surface area contributed by atoms with Crippen molar-refractivity contribution in [1.29, 1.82) is 0 Å². The van der Waals surface area contributed by atoms with Gasteiger partial charge in [-0.15, -0.1) is 0 Å². The maximum Gasteiger partial charge on any atom is 0.0107 e. The summed E-state index contributed by atoms with van der Waals surface area (Å²) in [5, 5.41) is 3.63. The highest BCUT2D eigenvalue weighted by Gasteiger charge is 2.24. The smallest absolute Gasteiger partial charge is 0.0107 e. The van der Waals surface area contributed by atoms with E-state index in [9.17, 15) is 0 Å². The number of nitrogens with one attached hydrogen (secondary N) is 1. The van der Waals surface area contributed by atoms with E-state index >= 15 is 0 Å². The minimum absolute atomic E-state index is 0.824. The van der Waals surface area contributed by atoms with Crippen molar-refractivity contribution < 1.29 is 0 Å². The van der Waals surface area contributed by atoms with Crippen molar-refractivity contribution in [2.75, 3.05) is 26.2 Å². The number of hydrogen-bond donors (Lipinski definition) is 1. The Morgan fingerprint density at radius 3 is 2.43 bits per heavy atom. The number of hydrogen-bond acceptors (Lipinski definition) is 2. The predicted octanol–water partition coefficient (Wildman–Crippen LogP) is 2.11. The van der Waals surface area contributed by atoms with Gasteiger partial charge in [-0.1, -0.05) is 20.8 Å². The molecule has 0 aromatic heterocycles. The van der Waals surface area contributed by atoms with Gasteiger partial charge in [0.05, 0.1) is 0 Å². The Labute approximate surface area is 89.1 Å². The van der Waals surface area contributed by atoms with Gasteiger partial charge in [0.15, 0.2) is 0 Å². The van der Waals surface area contributed by atoms with E-state index in [1.807, 2.05) is 0 Å². The maximum absolute atomic E-state index is 3.63. The molecule has 1 rings (SSSR count). The van der Waals surface area contributed by atoms with Crippen LogP contribution in [0.1, 0.15) is 40.0 Å². The first-order chi connectivity index (χ1) is 6.76. The van der Waals surface area contributed by atoms with Crippen molar-refractivity contribution in [2.45, 2.75) is 46.1 Å². The van der Waals surface area contributed by atoms with E-state index in [4.69, 9.17) is 0 Å². The molecule has 0 amide bonds. The first-order valence-corrected chi connectivity index (χ1v) is 6.22. The Morgan fingerprint density at radius 2 is 1.93 bits per heavy atom. The lowest BCUT2D eigenvalue weighted by Crippen LogP contribution is -2.43. The van der Waals surface area contributed by atoms with Crippen LogP contribution in [0, 0.1) is 5.92 Å². The third kappa shape index (κ3) is 3.97. The summed E-state index contributed by atoms with van der Waals surface area (Å²) in [4.78, 5) is 2.52. The van der Waals surface area contributed by atoms with Gasteiger partial charge in [0.1, 0.15) is 0 Å². The number of rotatable bonds is 7. The van der Waals surface area contributed by atoms with Gasteiger partial charge in [-0.05, 0) is 38.3 Å². The molecular weight excluding hydrogens is 172 g/mol. The molecule has 0 unspecified atom stereocenters. The highest BCUT2D eigenvalue weighted by molar-refractivity contribution is 4.82. The molecular formula is C12H26N2. The fraction of sp³-hybridized carbons (Fsp3) is 1.00. The van der Waals surface area contributed by atoms with Gasteiger partial charge in [-0.25, -0.2) is 0 Å². The van der Waals surface area contributed by atoms with Gasteiger partial charge in [0, 0.05) is 19.1 Å². The second-order valence-corrected chi connectivity index (χ2v) is 4.66. The molecule has 0 atom stereocenters. The fourth-order valence-corrected chi connectivity index (χ4v) is 2.24. The maximum atomic E-state index is 3.63. The highest BCUT2D eigenvalue weighted by atomic mass is 15.1. The van der Waals surface area contributed by atoms with Crippen LogP contribution in [-0.4, -0.2) is 37.1 Å². The van der Waals surface area contributed by atoms with Gasteiger partial charge < -0.3 is 10.2 Å². The van der Waals surface area contributed by atoms with E-state index in [-0.39, 0.29) is 0 Å².